The van der Waals surface area contributed by atoms with Gasteiger partial charge in [0.15, 0.2) is 0 Å². The van der Waals surface area contributed by atoms with E-state index < -0.39 is 11.7 Å². The first-order valence-electron chi connectivity index (χ1n) is 5.74. The number of anilines is 2. The van der Waals surface area contributed by atoms with Gasteiger partial charge < -0.3 is 16.2 Å². The summed E-state index contributed by atoms with van der Waals surface area (Å²) in [7, 11) is 0. The van der Waals surface area contributed by atoms with Crippen LogP contribution in [0.1, 0.15) is 15.9 Å². The average Bonchev–Trinajstić information content (AvgIpc) is 2.36. The summed E-state index contributed by atoms with van der Waals surface area (Å²) in [6.45, 7) is 1.87. The fraction of sp³-hybridized carbons (Fsp3) is 0.0714. The molecule has 4 nitrogen and oxygen atoms in total. The maximum Gasteiger partial charge on any atom is 0.259 e. The van der Waals surface area contributed by atoms with Crippen molar-refractivity contribution < 1.29 is 14.3 Å². The molecule has 0 unspecified atom stereocenters. The second-order valence-corrected chi connectivity index (χ2v) is 5.18. The lowest BCUT2D eigenvalue weighted by Crippen LogP contribution is -2.14. The highest BCUT2D eigenvalue weighted by atomic mass is 79.9. The lowest BCUT2D eigenvalue weighted by Gasteiger charge is -2.12. The second kappa shape index (κ2) is 5.50. The van der Waals surface area contributed by atoms with Crippen LogP contribution in [0.4, 0.5) is 15.8 Å². The number of phenolic OH excluding ortho intramolecular Hbond substituents is 1. The van der Waals surface area contributed by atoms with Crippen molar-refractivity contribution in [3.8, 4) is 5.75 Å². The topological polar surface area (TPSA) is 75.3 Å². The van der Waals surface area contributed by atoms with Gasteiger partial charge in [0.25, 0.3) is 5.91 Å². The van der Waals surface area contributed by atoms with Crippen LogP contribution in [-0.2, 0) is 0 Å². The molecule has 4 N–H and O–H groups in total. The standard InChI is InChI=1S/C14H12BrFN2O2/c1-7-4-10(15)13(11(17)5-7)18-14(20)9-6-8(16)2-3-12(9)19/h2-6,19H,17H2,1H3,(H,18,20). The van der Waals surface area contributed by atoms with Gasteiger partial charge in [-0.25, -0.2) is 4.39 Å². The Bertz CT molecular complexity index is 666. The van der Waals surface area contributed by atoms with Crippen molar-refractivity contribution in [2.75, 3.05) is 11.1 Å². The number of carbonyl (C=O) groups is 1. The molecule has 1 amide bonds. The number of hydrogen-bond donors (Lipinski definition) is 3. The lowest BCUT2D eigenvalue weighted by molar-refractivity contribution is 0.102. The van der Waals surface area contributed by atoms with Gasteiger partial charge in [-0.3, -0.25) is 4.79 Å². The van der Waals surface area contributed by atoms with E-state index in [1.807, 2.05) is 6.92 Å². The average molecular weight is 339 g/mol. The van der Waals surface area contributed by atoms with E-state index in [4.69, 9.17) is 5.73 Å². The van der Waals surface area contributed by atoms with Crippen LogP contribution in [0.15, 0.2) is 34.8 Å². The molecule has 0 fully saturated rings. The molecular formula is C14H12BrFN2O2. The monoisotopic (exact) mass is 338 g/mol. The van der Waals surface area contributed by atoms with Crippen LogP contribution in [0.25, 0.3) is 0 Å². The molecule has 0 bridgehead atoms. The minimum atomic E-state index is -0.641. The van der Waals surface area contributed by atoms with Gasteiger partial charge in [0.05, 0.1) is 16.9 Å². The smallest absolute Gasteiger partial charge is 0.259 e. The maximum absolute atomic E-state index is 13.1. The molecule has 0 heterocycles. The molecule has 0 aromatic heterocycles. The number of halogens is 2. The van der Waals surface area contributed by atoms with E-state index in [0.717, 1.165) is 23.8 Å². The number of phenols is 1. The molecule has 2 rings (SSSR count). The Hall–Kier alpha value is -2.08. The SMILES string of the molecule is Cc1cc(N)c(NC(=O)c2cc(F)ccc2O)c(Br)c1. The Labute approximate surface area is 123 Å². The van der Waals surface area contributed by atoms with Gasteiger partial charge in [-0.05, 0) is 58.7 Å². The van der Waals surface area contributed by atoms with Crippen LogP contribution >= 0.6 is 15.9 Å². The fourth-order valence-electron chi connectivity index (χ4n) is 1.77. The van der Waals surface area contributed by atoms with Crippen molar-refractivity contribution in [2.45, 2.75) is 6.92 Å². The number of benzene rings is 2. The highest BCUT2D eigenvalue weighted by Gasteiger charge is 2.15. The minimum Gasteiger partial charge on any atom is -0.507 e. The number of nitrogen functional groups attached to an aromatic ring is 1. The van der Waals surface area contributed by atoms with E-state index in [1.165, 1.54) is 0 Å². The van der Waals surface area contributed by atoms with Crippen LogP contribution in [0, 0.1) is 12.7 Å². The van der Waals surface area contributed by atoms with Gasteiger partial charge in [0.2, 0.25) is 0 Å². The number of rotatable bonds is 2. The van der Waals surface area contributed by atoms with Crippen LogP contribution in [0.5, 0.6) is 5.75 Å². The highest BCUT2D eigenvalue weighted by Crippen LogP contribution is 2.31. The number of nitrogens with one attached hydrogen (secondary N) is 1. The van der Waals surface area contributed by atoms with Gasteiger partial charge in [-0.2, -0.15) is 0 Å². The van der Waals surface area contributed by atoms with E-state index in [1.54, 1.807) is 12.1 Å². The number of hydrogen-bond acceptors (Lipinski definition) is 3. The van der Waals surface area contributed by atoms with E-state index >= 15 is 0 Å². The van der Waals surface area contributed by atoms with Gasteiger partial charge in [0.1, 0.15) is 11.6 Å². The molecule has 0 aliphatic heterocycles. The number of carbonyl (C=O) groups excluding carboxylic acids is 1. The first-order valence-corrected chi connectivity index (χ1v) is 6.53. The zero-order valence-electron chi connectivity index (χ0n) is 10.6. The summed E-state index contributed by atoms with van der Waals surface area (Å²) in [6.07, 6.45) is 0. The van der Waals surface area contributed by atoms with Gasteiger partial charge >= 0.3 is 0 Å². The molecule has 0 saturated carbocycles. The summed E-state index contributed by atoms with van der Waals surface area (Å²) in [5, 5.41) is 12.1. The van der Waals surface area contributed by atoms with Crippen LogP contribution < -0.4 is 11.1 Å². The van der Waals surface area contributed by atoms with Crippen molar-refractivity contribution in [1.82, 2.24) is 0 Å². The molecule has 6 heteroatoms. The summed E-state index contributed by atoms with van der Waals surface area (Å²) in [6, 6.07) is 6.65. The summed E-state index contributed by atoms with van der Waals surface area (Å²) in [4.78, 5) is 12.1. The number of nitrogens with two attached hydrogens (primary N) is 1. The molecule has 0 radical (unpaired) electrons. The van der Waals surface area contributed by atoms with Crippen LogP contribution in [0.2, 0.25) is 0 Å². The summed E-state index contributed by atoms with van der Waals surface area (Å²) in [5.74, 6) is -1.55. The molecule has 0 aliphatic carbocycles. The molecule has 2 aromatic rings. The molecule has 2 aromatic carbocycles. The predicted molar refractivity (Wildman–Crippen MR) is 79.3 cm³/mol. The van der Waals surface area contributed by atoms with Gasteiger partial charge in [0, 0.05) is 4.47 Å². The van der Waals surface area contributed by atoms with E-state index in [-0.39, 0.29) is 11.3 Å². The normalized spacial score (nSPS) is 10.3. The molecule has 20 heavy (non-hydrogen) atoms. The maximum atomic E-state index is 13.1. The van der Waals surface area contributed by atoms with E-state index in [9.17, 15) is 14.3 Å². The van der Waals surface area contributed by atoms with E-state index in [0.29, 0.717) is 15.8 Å². The third kappa shape index (κ3) is 2.91. The van der Waals surface area contributed by atoms with Crippen molar-refractivity contribution in [1.29, 1.82) is 0 Å². The third-order valence-electron chi connectivity index (χ3n) is 2.71. The summed E-state index contributed by atoms with van der Waals surface area (Å²) in [5.41, 5.74) is 7.37. The number of aromatic hydroxyl groups is 1. The van der Waals surface area contributed by atoms with Gasteiger partial charge in [-0.15, -0.1) is 0 Å². The fourth-order valence-corrected chi connectivity index (χ4v) is 2.46. The third-order valence-corrected chi connectivity index (χ3v) is 3.33. The summed E-state index contributed by atoms with van der Waals surface area (Å²) >= 11 is 3.30. The molecule has 0 spiro atoms. The van der Waals surface area contributed by atoms with Crippen LogP contribution in [0.3, 0.4) is 0 Å². The molecular weight excluding hydrogens is 327 g/mol. The largest absolute Gasteiger partial charge is 0.507 e. The van der Waals surface area contributed by atoms with Crippen molar-refractivity contribution in [3.05, 3.63) is 51.7 Å². The van der Waals surface area contributed by atoms with E-state index in [2.05, 4.69) is 21.2 Å². The minimum absolute atomic E-state index is 0.156. The first kappa shape index (κ1) is 14.3. The van der Waals surface area contributed by atoms with Crippen molar-refractivity contribution in [2.24, 2.45) is 0 Å². The number of amides is 1. The predicted octanol–water partition coefficient (Wildman–Crippen LogP) is 3.44. The van der Waals surface area contributed by atoms with Crippen molar-refractivity contribution in [3.63, 3.8) is 0 Å². The molecule has 0 atom stereocenters. The van der Waals surface area contributed by atoms with Crippen LogP contribution in [-0.4, -0.2) is 11.0 Å². The Morgan fingerprint density at radius 3 is 2.70 bits per heavy atom. The first-order chi connectivity index (χ1) is 9.38. The zero-order chi connectivity index (χ0) is 14.9. The number of aryl methyl sites for hydroxylation is 1. The Kier molecular flexibility index (Phi) is 3.94. The van der Waals surface area contributed by atoms with Crippen molar-refractivity contribution >= 4 is 33.2 Å². The zero-order valence-corrected chi connectivity index (χ0v) is 12.2. The second-order valence-electron chi connectivity index (χ2n) is 4.33. The highest BCUT2D eigenvalue weighted by molar-refractivity contribution is 9.10. The van der Waals surface area contributed by atoms with Gasteiger partial charge in [-0.1, -0.05) is 0 Å². The Morgan fingerprint density at radius 2 is 2.05 bits per heavy atom. The Morgan fingerprint density at radius 1 is 1.35 bits per heavy atom. The lowest BCUT2D eigenvalue weighted by atomic mass is 10.1. The Balaban J connectivity index is 2.35. The molecule has 0 aliphatic rings. The molecule has 104 valence electrons. The summed E-state index contributed by atoms with van der Waals surface area (Å²) < 4.78 is 13.7. The quantitative estimate of drug-likeness (QED) is 0.734. The molecule has 0 saturated heterocycles.